The van der Waals surface area contributed by atoms with Gasteiger partial charge in [-0.25, -0.2) is 4.39 Å². The molecule has 0 aliphatic carbocycles. The number of hydrogen-bond acceptors (Lipinski definition) is 3. The van der Waals surface area contributed by atoms with Crippen molar-refractivity contribution in [1.29, 1.82) is 0 Å². The Balaban J connectivity index is 2.34. The predicted octanol–water partition coefficient (Wildman–Crippen LogP) is 2.80. The highest BCUT2D eigenvalue weighted by molar-refractivity contribution is 5.57. The van der Waals surface area contributed by atoms with Gasteiger partial charge in [-0.1, -0.05) is 6.92 Å². The van der Waals surface area contributed by atoms with Gasteiger partial charge in [0.1, 0.15) is 5.82 Å². The Bertz CT molecular complexity index is 448. The first-order valence-corrected chi connectivity index (χ1v) is 6.87. The molecule has 0 amide bonds. The number of hydrogen-bond donors (Lipinski definition) is 1. The van der Waals surface area contributed by atoms with E-state index in [1.165, 1.54) is 6.07 Å². The fraction of sp³-hybridized carbons (Fsp3) is 0.600. The van der Waals surface area contributed by atoms with Gasteiger partial charge in [0.15, 0.2) is 0 Å². The molecule has 3 nitrogen and oxygen atoms in total. The third-order valence-electron chi connectivity index (χ3n) is 3.69. The average Bonchev–Trinajstić information content (AvgIpc) is 2.41. The van der Waals surface area contributed by atoms with Crippen LogP contribution < -0.4 is 4.90 Å². The van der Waals surface area contributed by atoms with Crippen LogP contribution in [0.3, 0.4) is 0 Å². The largest absolute Gasteiger partial charge is 0.389 e. The molecule has 1 aromatic rings. The molecule has 1 aliphatic heterocycles. The van der Waals surface area contributed by atoms with Gasteiger partial charge in [0.2, 0.25) is 0 Å². The Morgan fingerprint density at radius 1 is 1.53 bits per heavy atom. The van der Waals surface area contributed by atoms with Crippen LogP contribution in [0.5, 0.6) is 0 Å². The molecule has 1 heterocycles. The first-order chi connectivity index (χ1) is 9.02. The number of ether oxygens (including phenoxy) is 1. The number of aryl methyl sites for hydroxylation is 1. The van der Waals surface area contributed by atoms with Crippen molar-refractivity contribution in [2.24, 2.45) is 0 Å². The zero-order valence-corrected chi connectivity index (χ0v) is 11.8. The predicted molar refractivity (Wildman–Crippen MR) is 74.0 cm³/mol. The average molecular weight is 267 g/mol. The van der Waals surface area contributed by atoms with Crippen molar-refractivity contribution in [2.45, 2.75) is 39.4 Å². The summed E-state index contributed by atoms with van der Waals surface area (Å²) in [5.41, 5.74) is 2.19. The fourth-order valence-corrected chi connectivity index (χ4v) is 2.48. The topological polar surface area (TPSA) is 32.7 Å². The molecular formula is C15H22FNO2. The molecule has 1 aliphatic rings. The second kappa shape index (κ2) is 5.88. The van der Waals surface area contributed by atoms with Gasteiger partial charge in [-0.15, -0.1) is 0 Å². The zero-order valence-electron chi connectivity index (χ0n) is 11.8. The van der Waals surface area contributed by atoms with Crippen LogP contribution in [0.4, 0.5) is 10.1 Å². The van der Waals surface area contributed by atoms with Crippen molar-refractivity contribution in [3.05, 3.63) is 29.1 Å². The number of rotatable bonds is 3. The fourth-order valence-electron chi connectivity index (χ4n) is 2.48. The summed E-state index contributed by atoms with van der Waals surface area (Å²) in [6.45, 7) is 7.77. The molecule has 4 heteroatoms. The number of halogens is 1. The first-order valence-electron chi connectivity index (χ1n) is 6.87. The number of aliphatic hydroxyl groups excluding tert-OH is 1. The molecule has 0 spiro atoms. The van der Waals surface area contributed by atoms with Gasteiger partial charge in [0.05, 0.1) is 18.8 Å². The van der Waals surface area contributed by atoms with Crippen molar-refractivity contribution >= 4 is 5.69 Å². The smallest absolute Gasteiger partial charge is 0.126 e. The molecule has 1 fully saturated rings. The molecule has 0 bridgehead atoms. The molecule has 1 N–H and O–H groups in total. The van der Waals surface area contributed by atoms with E-state index < -0.39 is 6.10 Å². The summed E-state index contributed by atoms with van der Waals surface area (Å²) in [4.78, 5) is 2.19. The highest BCUT2D eigenvalue weighted by atomic mass is 19.1. The Hall–Kier alpha value is -1.13. The van der Waals surface area contributed by atoms with Crippen molar-refractivity contribution in [3.8, 4) is 0 Å². The number of anilines is 1. The molecular weight excluding hydrogens is 245 g/mol. The van der Waals surface area contributed by atoms with Crippen LogP contribution in [0.25, 0.3) is 0 Å². The van der Waals surface area contributed by atoms with Crippen LogP contribution in [-0.2, 0) is 4.74 Å². The van der Waals surface area contributed by atoms with Crippen LogP contribution in [0.2, 0.25) is 0 Å². The van der Waals surface area contributed by atoms with E-state index in [0.29, 0.717) is 17.7 Å². The number of morpholine rings is 1. The lowest BCUT2D eigenvalue weighted by Gasteiger charge is -2.36. The lowest BCUT2D eigenvalue weighted by Crippen LogP contribution is -2.42. The monoisotopic (exact) mass is 267 g/mol. The van der Waals surface area contributed by atoms with Crippen LogP contribution in [-0.4, -0.2) is 30.9 Å². The lowest BCUT2D eigenvalue weighted by molar-refractivity contribution is 0.0382. The van der Waals surface area contributed by atoms with Gasteiger partial charge in [-0.05, 0) is 38.0 Å². The number of aliphatic hydroxyl groups is 1. The molecule has 0 saturated carbocycles. The zero-order chi connectivity index (χ0) is 14.0. The minimum absolute atomic E-state index is 0.209. The number of nitrogens with zero attached hydrogens (tertiary/aromatic N) is 1. The quantitative estimate of drug-likeness (QED) is 0.914. The van der Waals surface area contributed by atoms with E-state index in [9.17, 15) is 9.50 Å². The first kappa shape index (κ1) is 14.3. The van der Waals surface area contributed by atoms with Crippen molar-refractivity contribution < 1.29 is 14.2 Å². The maximum atomic E-state index is 13.7. The maximum absolute atomic E-state index is 13.7. The van der Waals surface area contributed by atoms with E-state index in [2.05, 4.69) is 11.8 Å². The van der Waals surface area contributed by atoms with Gasteiger partial charge in [0, 0.05) is 24.3 Å². The Morgan fingerprint density at radius 3 is 2.89 bits per heavy atom. The van der Waals surface area contributed by atoms with Crippen LogP contribution in [0.1, 0.15) is 37.5 Å². The van der Waals surface area contributed by atoms with Crippen LogP contribution >= 0.6 is 0 Å². The summed E-state index contributed by atoms with van der Waals surface area (Å²) in [5, 5.41) is 9.85. The summed E-state index contributed by atoms with van der Waals surface area (Å²) in [7, 11) is 0. The van der Waals surface area contributed by atoms with Gasteiger partial charge < -0.3 is 14.7 Å². The van der Waals surface area contributed by atoms with Gasteiger partial charge in [-0.2, -0.15) is 0 Å². The molecule has 0 aromatic heterocycles. The van der Waals surface area contributed by atoms with Gasteiger partial charge >= 0.3 is 0 Å². The molecule has 1 aromatic carbocycles. The standard InChI is InChI=1S/C15H22FNO2/c1-4-12-9-17(5-6-19-12)15-7-10(2)14(16)8-13(15)11(3)18/h7-8,11-12,18H,4-6,9H2,1-3H3. The van der Waals surface area contributed by atoms with E-state index in [1.54, 1.807) is 13.8 Å². The summed E-state index contributed by atoms with van der Waals surface area (Å²) < 4.78 is 19.3. The molecule has 0 radical (unpaired) electrons. The summed E-state index contributed by atoms with van der Waals surface area (Å²) >= 11 is 0. The van der Waals surface area contributed by atoms with E-state index in [-0.39, 0.29) is 11.9 Å². The Morgan fingerprint density at radius 2 is 2.26 bits per heavy atom. The minimum Gasteiger partial charge on any atom is -0.389 e. The molecule has 106 valence electrons. The van der Waals surface area contributed by atoms with Crippen molar-refractivity contribution in [3.63, 3.8) is 0 Å². The third kappa shape index (κ3) is 3.07. The van der Waals surface area contributed by atoms with Gasteiger partial charge in [-0.3, -0.25) is 0 Å². The summed E-state index contributed by atoms with van der Waals surface area (Å²) in [5.74, 6) is -0.264. The SMILES string of the molecule is CCC1CN(c2cc(C)c(F)cc2C(C)O)CCO1. The van der Waals surface area contributed by atoms with E-state index in [4.69, 9.17) is 4.74 Å². The lowest BCUT2D eigenvalue weighted by atomic mass is 10.0. The second-order valence-electron chi connectivity index (χ2n) is 5.18. The number of benzene rings is 1. The van der Waals surface area contributed by atoms with Crippen molar-refractivity contribution in [1.82, 2.24) is 0 Å². The third-order valence-corrected chi connectivity index (χ3v) is 3.69. The van der Waals surface area contributed by atoms with Crippen LogP contribution in [0.15, 0.2) is 12.1 Å². The molecule has 2 rings (SSSR count). The van der Waals surface area contributed by atoms with Crippen LogP contribution in [0, 0.1) is 12.7 Å². The maximum Gasteiger partial charge on any atom is 0.126 e. The molecule has 19 heavy (non-hydrogen) atoms. The van der Waals surface area contributed by atoms with Gasteiger partial charge in [0.25, 0.3) is 0 Å². The Kier molecular flexibility index (Phi) is 4.42. The van der Waals surface area contributed by atoms with Crippen molar-refractivity contribution in [2.75, 3.05) is 24.6 Å². The normalized spacial score (nSPS) is 21.5. The molecule has 2 unspecified atom stereocenters. The molecule has 1 saturated heterocycles. The minimum atomic E-state index is -0.673. The van der Waals surface area contributed by atoms with E-state index in [0.717, 1.165) is 25.2 Å². The van der Waals surface area contributed by atoms with E-state index >= 15 is 0 Å². The highest BCUT2D eigenvalue weighted by Gasteiger charge is 2.23. The molecule has 2 atom stereocenters. The summed E-state index contributed by atoms with van der Waals surface area (Å²) in [6, 6.07) is 3.28. The second-order valence-corrected chi connectivity index (χ2v) is 5.18. The highest BCUT2D eigenvalue weighted by Crippen LogP contribution is 2.30. The Labute approximate surface area is 114 Å². The summed E-state index contributed by atoms with van der Waals surface area (Å²) in [6.07, 6.45) is 0.495. The van der Waals surface area contributed by atoms with E-state index in [1.807, 2.05) is 6.07 Å².